The summed E-state index contributed by atoms with van der Waals surface area (Å²) < 4.78 is 19.6. The molecule has 9 heteroatoms. The molecule has 0 spiro atoms. The average molecular weight is 476 g/mol. The summed E-state index contributed by atoms with van der Waals surface area (Å²) in [4.78, 5) is 29.3. The van der Waals surface area contributed by atoms with Gasteiger partial charge in [-0.3, -0.25) is 4.79 Å². The van der Waals surface area contributed by atoms with Crippen LogP contribution in [0.1, 0.15) is 38.5 Å². The molecular formula is C26H26FN5O3. The lowest BCUT2D eigenvalue weighted by Crippen LogP contribution is -2.56. The van der Waals surface area contributed by atoms with Crippen LogP contribution in [0.4, 0.5) is 10.2 Å². The van der Waals surface area contributed by atoms with Gasteiger partial charge in [-0.1, -0.05) is 18.9 Å². The van der Waals surface area contributed by atoms with Crippen molar-refractivity contribution in [3.05, 3.63) is 42.5 Å². The number of nitrogens with one attached hydrogen (secondary N) is 2. The van der Waals surface area contributed by atoms with Gasteiger partial charge in [-0.05, 0) is 49.8 Å². The number of aromatic amines is 1. The van der Waals surface area contributed by atoms with Gasteiger partial charge in [0.15, 0.2) is 5.82 Å². The van der Waals surface area contributed by atoms with Crippen LogP contribution in [0, 0.1) is 17.7 Å². The first-order valence-electron chi connectivity index (χ1n) is 12.0. The zero-order chi connectivity index (χ0) is 24.2. The van der Waals surface area contributed by atoms with Gasteiger partial charge in [0.25, 0.3) is 0 Å². The predicted octanol–water partition coefficient (Wildman–Crippen LogP) is 5.16. The minimum absolute atomic E-state index is 0.160. The standard InChI is InChI=1S/C26H26FN5O3/c1-35-19-8-2-7-16-21(19)30-23(18-13-29-22-17(18)11-15(27)12-28-22)31-24(16)32-26-9-3-5-14(6-4-10-26)20(26)25(33)34/h2,7-8,11-14,20H,3-6,9-10H2,1H3,(H,28,29)(H,33,34)(H,30,31,32). The van der Waals surface area contributed by atoms with E-state index in [-0.39, 0.29) is 5.92 Å². The Morgan fingerprint density at radius 2 is 2.03 bits per heavy atom. The number of carboxylic acids is 1. The number of para-hydroxylation sites is 1. The van der Waals surface area contributed by atoms with E-state index in [1.165, 1.54) is 6.07 Å². The van der Waals surface area contributed by atoms with E-state index in [0.29, 0.717) is 39.5 Å². The molecule has 4 aromatic rings. The van der Waals surface area contributed by atoms with Crippen LogP contribution in [-0.4, -0.2) is 43.7 Å². The number of nitrogens with zero attached hydrogens (tertiary/aromatic N) is 3. The summed E-state index contributed by atoms with van der Waals surface area (Å²) in [5.41, 5.74) is 1.17. The van der Waals surface area contributed by atoms with E-state index in [1.54, 1.807) is 13.3 Å². The summed E-state index contributed by atoms with van der Waals surface area (Å²) >= 11 is 0. The van der Waals surface area contributed by atoms with Crippen molar-refractivity contribution < 1.29 is 19.0 Å². The molecule has 0 saturated heterocycles. The van der Waals surface area contributed by atoms with E-state index in [0.717, 1.165) is 50.1 Å². The van der Waals surface area contributed by atoms with Gasteiger partial charge in [-0.25, -0.2) is 19.3 Å². The van der Waals surface area contributed by atoms with Crippen LogP contribution in [0.15, 0.2) is 36.7 Å². The lowest BCUT2D eigenvalue weighted by molar-refractivity contribution is -0.149. The molecule has 8 nitrogen and oxygen atoms in total. The van der Waals surface area contributed by atoms with Crippen molar-refractivity contribution >= 4 is 33.7 Å². The molecule has 180 valence electrons. The maximum Gasteiger partial charge on any atom is 0.309 e. The molecule has 0 aliphatic heterocycles. The van der Waals surface area contributed by atoms with E-state index >= 15 is 0 Å². The van der Waals surface area contributed by atoms with Crippen molar-refractivity contribution in [3.8, 4) is 17.1 Å². The molecule has 2 fully saturated rings. The number of pyridine rings is 1. The Labute approximate surface area is 201 Å². The third-order valence-corrected chi connectivity index (χ3v) is 7.74. The lowest BCUT2D eigenvalue weighted by Gasteiger charge is -2.50. The van der Waals surface area contributed by atoms with Gasteiger partial charge in [-0.15, -0.1) is 0 Å². The fourth-order valence-electron chi connectivity index (χ4n) is 6.27. The smallest absolute Gasteiger partial charge is 0.309 e. The minimum Gasteiger partial charge on any atom is -0.494 e. The molecular weight excluding hydrogens is 449 g/mol. The van der Waals surface area contributed by atoms with Gasteiger partial charge in [0, 0.05) is 22.5 Å². The quantitative estimate of drug-likeness (QED) is 0.366. The normalized spacial score (nSPS) is 23.9. The number of H-pyrrole nitrogens is 1. The van der Waals surface area contributed by atoms with Gasteiger partial charge in [0.1, 0.15) is 28.5 Å². The molecule has 2 saturated carbocycles. The highest BCUT2D eigenvalue weighted by Gasteiger charge is 2.52. The van der Waals surface area contributed by atoms with E-state index in [4.69, 9.17) is 14.7 Å². The number of benzene rings is 1. The van der Waals surface area contributed by atoms with Crippen molar-refractivity contribution in [1.82, 2.24) is 19.9 Å². The second-order valence-electron chi connectivity index (χ2n) is 9.65. The Bertz CT molecular complexity index is 1440. The molecule has 35 heavy (non-hydrogen) atoms. The number of aliphatic carboxylic acids is 1. The van der Waals surface area contributed by atoms with Crippen LogP contribution in [0.5, 0.6) is 5.75 Å². The highest BCUT2D eigenvalue weighted by atomic mass is 19.1. The number of fused-ring (bicyclic) bond motifs is 4. The third kappa shape index (κ3) is 3.48. The maximum atomic E-state index is 14.0. The first kappa shape index (κ1) is 21.8. The van der Waals surface area contributed by atoms with Gasteiger partial charge in [0.2, 0.25) is 0 Å². The van der Waals surface area contributed by atoms with Crippen LogP contribution in [0.25, 0.3) is 33.3 Å². The second kappa shape index (κ2) is 8.18. The van der Waals surface area contributed by atoms with Crippen LogP contribution in [-0.2, 0) is 4.79 Å². The minimum atomic E-state index is -0.753. The molecule has 3 N–H and O–H groups in total. The van der Waals surface area contributed by atoms with E-state index in [1.807, 2.05) is 18.2 Å². The van der Waals surface area contributed by atoms with Gasteiger partial charge < -0.3 is 20.1 Å². The molecule has 1 unspecified atom stereocenters. The molecule has 0 radical (unpaired) electrons. The second-order valence-corrected chi connectivity index (χ2v) is 9.65. The lowest BCUT2D eigenvalue weighted by atomic mass is 9.59. The SMILES string of the molecule is COc1cccc2c(NC34CCCC(CCC3)C4C(=O)O)nc(-c3c[nH]c4ncc(F)cc34)nc12. The molecule has 0 amide bonds. The van der Waals surface area contributed by atoms with Crippen LogP contribution < -0.4 is 10.1 Å². The van der Waals surface area contributed by atoms with Gasteiger partial charge in [0.05, 0.1) is 24.8 Å². The largest absolute Gasteiger partial charge is 0.494 e. The Kier molecular flexibility index (Phi) is 5.09. The number of aromatic nitrogens is 4. The number of rotatable bonds is 5. The summed E-state index contributed by atoms with van der Waals surface area (Å²) in [6.07, 6.45) is 8.26. The summed E-state index contributed by atoms with van der Waals surface area (Å²) in [7, 11) is 1.58. The molecule has 1 atom stereocenters. The van der Waals surface area contributed by atoms with Gasteiger partial charge in [-0.2, -0.15) is 0 Å². The zero-order valence-electron chi connectivity index (χ0n) is 19.3. The number of anilines is 1. The monoisotopic (exact) mass is 475 g/mol. The third-order valence-electron chi connectivity index (χ3n) is 7.74. The molecule has 3 heterocycles. The van der Waals surface area contributed by atoms with Gasteiger partial charge >= 0.3 is 5.97 Å². The van der Waals surface area contributed by atoms with Crippen molar-refractivity contribution in [3.63, 3.8) is 0 Å². The van der Waals surface area contributed by atoms with E-state index in [2.05, 4.69) is 15.3 Å². The van der Waals surface area contributed by atoms with Crippen molar-refractivity contribution in [2.45, 2.75) is 44.1 Å². The molecule has 3 aromatic heterocycles. The van der Waals surface area contributed by atoms with E-state index in [9.17, 15) is 14.3 Å². The highest BCUT2D eigenvalue weighted by Crippen LogP contribution is 2.49. The first-order chi connectivity index (χ1) is 17.0. The Hall–Kier alpha value is -3.75. The number of hydrogen-bond donors (Lipinski definition) is 3. The number of carbonyl (C=O) groups is 1. The number of ether oxygens (including phenoxy) is 1. The molecule has 2 bridgehead atoms. The summed E-state index contributed by atoms with van der Waals surface area (Å²) in [5.74, 6) is 0.00879. The van der Waals surface area contributed by atoms with E-state index < -0.39 is 23.2 Å². The summed E-state index contributed by atoms with van der Waals surface area (Å²) in [6.45, 7) is 0. The summed E-state index contributed by atoms with van der Waals surface area (Å²) in [6, 6.07) is 7.02. The topological polar surface area (TPSA) is 113 Å². The number of halogens is 1. The highest BCUT2D eigenvalue weighted by molar-refractivity contribution is 5.98. The Balaban J connectivity index is 1.55. The van der Waals surface area contributed by atoms with Crippen LogP contribution in [0.3, 0.4) is 0 Å². The summed E-state index contributed by atoms with van der Waals surface area (Å²) in [5, 5.41) is 15.1. The van der Waals surface area contributed by atoms with Crippen molar-refractivity contribution in [2.75, 3.05) is 12.4 Å². The number of methoxy groups -OCH3 is 1. The number of hydrogen-bond acceptors (Lipinski definition) is 6. The first-order valence-corrected chi connectivity index (χ1v) is 12.0. The van der Waals surface area contributed by atoms with Crippen molar-refractivity contribution in [1.29, 1.82) is 0 Å². The van der Waals surface area contributed by atoms with Crippen LogP contribution >= 0.6 is 0 Å². The fourth-order valence-corrected chi connectivity index (χ4v) is 6.27. The van der Waals surface area contributed by atoms with Crippen molar-refractivity contribution in [2.24, 2.45) is 11.8 Å². The zero-order valence-corrected chi connectivity index (χ0v) is 19.3. The molecule has 2 aliphatic rings. The maximum absolute atomic E-state index is 14.0. The Morgan fingerprint density at radius 1 is 1.23 bits per heavy atom. The molecule has 2 aliphatic carbocycles. The average Bonchev–Trinajstić information content (AvgIpc) is 3.26. The number of carboxylic acid groups (broad SMARTS) is 1. The Morgan fingerprint density at radius 3 is 2.77 bits per heavy atom. The molecule has 1 aromatic carbocycles. The molecule has 6 rings (SSSR count). The fraction of sp³-hybridized carbons (Fsp3) is 0.385. The predicted molar refractivity (Wildman–Crippen MR) is 130 cm³/mol. The van der Waals surface area contributed by atoms with Crippen LogP contribution in [0.2, 0.25) is 0 Å².